The van der Waals surface area contributed by atoms with Crippen molar-refractivity contribution >= 4 is 11.6 Å². The van der Waals surface area contributed by atoms with Crippen LogP contribution in [0.25, 0.3) is 0 Å². The van der Waals surface area contributed by atoms with E-state index in [0.717, 1.165) is 25.3 Å². The highest BCUT2D eigenvalue weighted by molar-refractivity contribution is 5.41. The van der Waals surface area contributed by atoms with Crippen LogP contribution < -0.4 is 16.8 Å². The van der Waals surface area contributed by atoms with Crippen LogP contribution in [0.3, 0.4) is 0 Å². The Morgan fingerprint density at radius 2 is 2.00 bits per heavy atom. The lowest BCUT2D eigenvalue weighted by Crippen LogP contribution is -2.35. The summed E-state index contributed by atoms with van der Waals surface area (Å²) in [5, 5.41) is 3.34. The molecule has 2 heterocycles. The summed E-state index contributed by atoms with van der Waals surface area (Å²) in [6.07, 6.45) is 1.14. The van der Waals surface area contributed by atoms with E-state index < -0.39 is 0 Å². The van der Waals surface area contributed by atoms with Gasteiger partial charge in [0.1, 0.15) is 17.5 Å². The summed E-state index contributed by atoms with van der Waals surface area (Å²) < 4.78 is 0. The summed E-state index contributed by atoms with van der Waals surface area (Å²) in [6.45, 7) is 4.19. The summed E-state index contributed by atoms with van der Waals surface area (Å²) in [5.74, 6) is 2.58. The van der Waals surface area contributed by atoms with Gasteiger partial charge in [0.15, 0.2) is 0 Å². The predicted octanol–water partition coefficient (Wildman–Crippen LogP) is 0.354. The number of nitrogens with two attached hydrogens (primary N) is 2. The molecule has 0 aromatic carbocycles. The highest BCUT2D eigenvalue weighted by atomic mass is 15.0. The Hall–Kier alpha value is -1.36. The third-order valence-corrected chi connectivity index (χ3v) is 2.94. The van der Waals surface area contributed by atoms with Gasteiger partial charge in [0, 0.05) is 18.5 Å². The maximum atomic E-state index is 5.66. The standard InChI is InChI=1S/C10H17N5/c1-6-2-3-13-5-7(6)10-14-8(11)4-9(12)15-10/h4,6-7,13H,2-3,5H2,1H3,(H4,11,12,14,15)/t6-,7+/m1/s1. The molecular formula is C10H17N5. The van der Waals surface area contributed by atoms with Gasteiger partial charge in [0.05, 0.1) is 0 Å². The fourth-order valence-corrected chi connectivity index (χ4v) is 2.01. The molecule has 0 radical (unpaired) electrons. The van der Waals surface area contributed by atoms with Crippen molar-refractivity contribution in [1.82, 2.24) is 15.3 Å². The van der Waals surface area contributed by atoms with Crippen molar-refractivity contribution in [2.24, 2.45) is 5.92 Å². The largest absolute Gasteiger partial charge is 0.384 e. The molecule has 1 aromatic rings. The lowest BCUT2D eigenvalue weighted by molar-refractivity contribution is 0.337. The van der Waals surface area contributed by atoms with Crippen molar-refractivity contribution in [2.75, 3.05) is 24.6 Å². The average molecular weight is 207 g/mol. The molecule has 5 N–H and O–H groups in total. The monoisotopic (exact) mass is 207 g/mol. The second-order valence-electron chi connectivity index (χ2n) is 4.15. The number of nitrogens with one attached hydrogen (secondary N) is 1. The van der Waals surface area contributed by atoms with Crippen LogP contribution in [0.5, 0.6) is 0 Å². The highest BCUT2D eigenvalue weighted by Gasteiger charge is 2.25. The van der Waals surface area contributed by atoms with Crippen LogP contribution in [0.1, 0.15) is 25.1 Å². The first kappa shape index (κ1) is 10.2. The Bertz CT molecular complexity index is 331. The summed E-state index contributed by atoms with van der Waals surface area (Å²) in [4.78, 5) is 8.51. The number of nitrogens with zero attached hydrogens (tertiary/aromatic N) is 2. The lowest BCUT2D eigenvalue weighted by atomic mass is 9.87. The summed E-state index contributed by atoms with van der Waals surface area (Å²) >= 11 is 0. The molecule has 0 spiro atoms. The van der Waals surface area contributed by atoms with Gasteiger partial charge in [0.25, 0.3) is 0 Å². The second kappa shape index (κ2) is 4.02. The molecule has 2 atom stereocenters. The lowest BCUT2D eigenvalue weighted by Gasteiger charge is -2.28. The van der Waals surface area contributed by atoms with E-state index in [1.165, 1.54) is 0 Å². The molecule has 5 heteroatoms. The van der Waals surface area contributed by atoms with Crippen molar-refractivity contribution in [3.63, 3.8) is 0 Å². The zero-order valence-electron chi connectivity index (χ0n) is 8.90. The van der Waals surface area contributed by atoms with Crippen LogP contribution in [0.15, 0.2) is 6.07 Å². The first-order chi connectivity index (χ1) is 7.16. The zero-order chi connectivity index (χ0) is 10.8. The van der Waals surface area contributed by atoms with Crippen molar-refractivity contribution in [3.8, 4) is 0 Å². The molecule has 0 unspecified atom stereocenters. The summed E-state index contributed by atoms with van der Waals surface area (Å²) in [7, 11) is 0. The molecule has 0 bridgehead atoms. The second-order valence-corrected chi connectivity index (χ2v) is 4.15. The number of rotatable bonds is 1. The fourth-order valence-electron chi connectivity index (χ4n) is 2.01. The van der Waals surface area contributed by atoms with Crippen LogP contribution >= 0.6 is 0 Å². The van der Waals surface area contributed by atoms with Crippen LogP contribution in [0.4, 0.5) is 11.6 Å². The number of nitrogen functional groups attached to an aromatic ring is 2. The van der Waals surface area contributed by atoms with E-state index in [4.69, 9.17) is 11.5 Å². The Kier molecular flexibility index (Phi) is 2.73. The quantitative estimate of drug-likeness (QED) is 0.618. The van der Waals surface area contributed by atoms with E-state index >= 15 is 0 Å². The minimum absolute atomic E-state index is 0.324. The molecule has 1 aliphatic rings. The molecule has 2 rings (SSSR count). The molecule has 82 valence electrons. The van der Waals surface area contributed by atoms with Gasteiger partial charge < -0.3 is 16.8 Å². The van der Waals surface area contributed by atoms with Gasteiger partial charge in [-0.3, -0.25) is 0 Å². The maximum Gasteiger partial charge on any atom is 0.137 e. The highest BCUT2D eigenvalue weighted by Crippen LogP contribution is 2.27. The number of hydrogen-bond acceptors (Lipinski definition) is 5. The van der Waals surface area contributed by atoms with E-state index in [9.17, 15) is 0 Å². The van der Waals surface area contributed by atoms with E-state index in [0.29, 0.717) is 23.5 Å². The van der Waals surface area contributed by atoms with Crippen molar-refractivity contribution in [3.05, 3.63) is 11.9 Å². The Morgan fingerprint density at radius 1 is 1.33 bits per heavy atom. The van der Waals surface area contributed by atoms with Gasteiger partial charge in [-0.2, -0.15) is 0 Å². The van der Waals surface area contributed by atoms with E-state index in [1.54, 1.807) is 6.07 Å². The zero-order valence-corrected chi connectivity index (χ0v) is 8.90. The number of hydrogen-bond donors (Lipinski definition) is 3. The maximum absolute atomic E-state index is 5.66. The fraction of sp³-hybridized carbons (Fsp3) is 0.600. The van der Waals surface area contributed by atoms with Crippen molar-refractivity contribution < 1.29 is 0 Å². The minimum atomic E-state index is 0.324. The molecular weight excluding hydrogens is 190 g/mol. The molecule has 1 aliphatic heterocycles. The summed E-state index contributed by atoms with van der Waals surface area (Å²) in [5.41, 5.74) is 11.3. The molecule has 0 amide bonds. The third-order valence-electron chi connectivity index (χ3n) is 2.94. The first-order valence-electron chi connectivity index (χ1n) is 5.27. The Balaban J connectivity index is 2.27. The topological polar surface area (TPSA) is 89.8 Å². The molecule has 1 fully saturated rings. The van der Waals surface area contributed by atoms with E-state index in [2.05, 4.69) is 22.2 Å². The van der Waals surface area contributed by atoms with Gasteiger partial charge in [-0.05, 0) is 18.9 Å². The van der Waals surface area contributed by atoms with Gasteiger partial charge in [0.2, 0.25) is 0 Å². The normalized spacial score (nSPS) is 26.5. The molecule has 15 heavy (non-hydrogen) atoms. The van der Waals surface area contributed by atoms with Gasteiger partial charge in [-0.15, -0.1) is 0 Å². The predicted molar refractivity (Wildman–Crippen MR) is 60.2 cm³/mol. The molecule has 0 saturated carbocycles. The number of piperidine rings is 1. The third kappa shape index (κ3) is 2.18. The summed E-state index contributed by atoms with van der Waals surface area (Å²) in [6, 6.07) is 1.59. The van der Waals surface area contributed by atoms with Crippen molar-refractivity contribution in [1.29, 1.82) is 0 Å². The Labute approximate surface area is 89.3 Å². The number of anilines is 2. The van der Waals surface area contributed by atoms with Crippen molar-refractivity contribution in [2.45, 2.75) is 19.3 Å². The van der Waals surface area contributed by atoms with E-state index in [-0.39, 0.29) is 0 Å². The van der Waals surface area contributed by atoms with Gasteiger partial charge >= 0.3 is 0 Å². The van der Waals surface area contributed by atoms with Crippen LogP contribution in [0.2, 0.25) is 0 Å². The Morgan fingerprint density at radius 3 is 2.60 bits per heavy atom. The van der Waals surface area contributed by atoms with E-state index in [1.807, 2.05) is 0 Å². The SMILES string of the molecule is C[C@@H]1CCNC[C@@H]1c1nc(N)cc(N)n1. The molecule has 5 nitrogen and oxygen atoms in total. The molecule has 1 saturated heterocycles. The minimum Gasteiger partial charge on any atom is -0.384 e. The molecule has 1 aromatic heterocycles. The van der Waals surface area contributed by atoms with Gasteiger partial charge in [-0.25, -0.2) is 9.97 Å². The molecule has 0 aliphatic carbocycles. The smallest absolute Gasteiger partial charge is 0.137 e. The van der Waals surface area contributed by atoms with Crippen LogP contribution in [0, 0.1) is 5.92 Å². The number of aromatic nitrogens is 2. The van der Waals surface area contributed by atoms with Crippen LogP contribution in [-0.2, 0) is 0 Å². The first-order valence-corrected chi connectivity index (χ1v) is 5.27. The average Bonchev–Trinajstić information content (AvgIpc) is 2.16. The van der Waals surface area contributed by atoms with Gasteiger partial charge in [-0.1, -0.05) is 6.92 Å². The van der Waals surface area contributed by atoms with Crippen LogP contribution in [-0.4, -0.2) is 23.1 Å².